The molecule has 0 fully saturated rings. The minimum absolute atomic E-state index is 0.0453. The van der Waals surface area contributed by atoms with E-state index in [0.29, 0.717) is 5.57 Å². The first-order chi connectivity index (χ1) is 4.46. The van der Waals surface area contributed by atoms with Gasteiger partial charge >= 0.3 is 0 Å². The molecule has 0 saturated carbocycles. The Morgan fingerprint density at radius 3 is 1.80 bits per heavy atom. The fourth-order valence-corrected chi connectivity index (χ4v) is 0.613. The monoisotopic (exact) mass is 142 g/mol. The molecule has 0 aromatic carbocycles. The van der Waals surface area contributed by atoms with Crippen LogP contribution in [0.2, 0.25) is 0 Å². The van der Waals surface area contributed by atoms with E-state index in [1.54, 1.807) is 6.92 Å². The normalized spacial score (nSPS) is 13.3. The molecule has 0 aliphatic heterocycles. The number of rotatable bonds is 2. The number of hydrogen-bond donors (Lipinski definition) is 1. The Hall–Kier alpha value is -0.790. The highest BCUT2D eigenvalue weighted by Gasteiger charge is 2.07. The van der Waals surface area contributed by atoms with Crippen molar-refractivity contribution in [3.05, 3.63) is 11.3 Å². The molecular formula is C8H14O2. The average molecular weight is 142 g/mol. The van der Waals surface area contributed by atoms with E-state index in [2.05, 4.69) is 0 Å². The smallest absolute Gasteiger partial charge is 0.158 e. The Morgan fingerprint density at radius 2 is 1.70 bits per heavy atom. The van der Waals surface area contributed by atoms with Gasteiger partial charge in [0.15, 0.2) is 5.78 Å². The summed E-state index contributed by atoms with van der Waals surface area (Å²) in [5.41, 5.74) is 0.468. The maximum absolute atomic E-state index is 10.7. The lowest BCUT2D eigenvalue weighted by Gasteiger charge is -2.05. The molecule has 0 atom stereocenters. The van der Waals surface area contributed by atoms with Gasteiger partial charge in [0.25, 0.3) is 0 Å². The Kier molecular flexibility index (Phi) is 3.13. The van der Waals surface area contributed by atoms with Crippen LogP contribution >= 0.6 is 0 Å². The van der Waals surface area contributed by atoms with Crippen LogP contribution < -0.4 is 0 Å². The highest BCUT2D eigenvalue weighted by molar-refractivity contribution is 5.93. The van der Waals surface area contributed by atoms with Crippen LogP contribution in [-0.4, -0.2) is 10.9 Å². The summed E-state index contributed by atoms with van der Waals surface area (Å²) in [6.07, 6.45) is 0. The van der Waals surface area contributed by atoms with Gasteiger partial charge in [-0.1, -0.05) is 13.8 Å². The summed E-state index contributed by atoms with van der Waals surface area (Å²) in [6, 6.07) is 0. The van der Waals surface area contributed by atoms with Crippen LogP contribution in [0.4, 0.5) is 0 Å². The van der Waals surface area contributed by atoms with Gasteiger partial charge in [0, 0.05) is 11.5 Å². The fraction of sp³-hybridized carbons (Fsp3) is 0.625. The van der Waals surface area contributed by atoms with Gasteiger partial charge in [0.1, 0.15) is 5.76 Å². The average Bonchev–Trinajstić information content (AvgIpc) is 1.84. The van der Waals surface area contributed by atoms with Gasteiger partial charge in [-0.3, -0.25) is 4.79 Å². The first-order valence-corrected chi connectivity index (χ1v) is 3.37. The maximum atomic E-state index is 10.7. The van der Waals surface area contributed by atoms with Gasteiger partial charge in [0.2, 0.25) is 0 Å². The van der Waals surface area contributed by atoms with E-state index in [-0.39, 0.29) is 17.5 Å². The fourth-order valence-electron chi connectivity index (χ4n) is 0.613. The predicted molar refractivity (Wildman–Crippen MR) is 40.8 cm³/mol. The number of allylic oxidation sites excluding steroid dienone is 2. The molecule has 0 heterocycles. The summed E-state index contributed by atoms with van der Waals surface area (Å²) < 4.78 is 0. The molecule has 0 radical (unpaired) electrons. The number of carbonyl (C=O) groups is 1. The molecule has 10 heavy (non-hydrogen) atoms. The number of Topliss-reactive ketones (excluding diaryl/α,β-unsaturated/α-hetero) is 1. The SMILES string of the molecule is CC(=O)/C(C)=C(\O)C(C)C. The van der Waals surface area contributed by atoms with Crippen molar-refractivity contribution in [1.82, 2.24) is 0 Å². The third kappa shape index (κ3) is 2.21. The van der Waals surface area contributed by atoms with E-state index < -0.39 is 0 Å². The van der Waals surface area contributed by atoms with Gasteiger partial charge in [0.05, 0.1) is 0 Å². The van der Waals surface area contributed by atoms with Crippen LogP contribution in [0.3, 0.4) is 0 Å². The summed E-state index contributed by atoms with van der Waals surface area (Å²) in [5.74, 6) is 0.183. The van der Waals surface area contributed by atoms with E-state index in [4.69, 9.17) is 0 Å². The Labute approximate surface area is 61.6 Å². The van der Waals surface area contributed by atoms with Crippen LogP contribution in [0.5, 0.6) is 0 Å². The van der Waals surface area contributed by atoms with Gasteiger partial charge in [-0.2, -0.15) is 0 Å². The topological polar surface area (TPSA) is 37.3 Å². The van der Waals surface area contributed by atoms with Crippen LogP contribution in [0.1, 0.15) is 27.7 Å². The minimum Gasteiger partial charge on any atom is -0.512 e. The first kappa shape index (κ1) is 9.21. The molecule has 0 aromatic rings. The van der Waals surface area contributed by atoms with Crippen molar-refractivity contribution in [3.63, 3.8) is 0 Å². The van der Waals surface area contributed by atoms with Gasteiger partial charge < -0.3 is 5.11 Å². The zero-order valence-corrected chi connectivity index (χ0v) is 6.93. The second-order valence-electron chi connectivity index (χ2n) is 2.72. The van der Waals surface area contributed by atoms with Crippen molar-refractivity contribution in [1.29, 1.82) is 0 Å². The molecule has 0 saturated heterocycles. The molecule has 0 aliphatic rings. The van der Waals surface area contributed by atoms with Crippen molar-refractivity contribution in [2.75, 3.05) is 0 Å². The summed E-state index contributed by atoms with van der Waals surface area (Å²) in [5, 5.41) is 9.22. The van der Waals surface area contributed by atoms with E-state index in [9.17, 15) is 9.90 Å². The highest BCUT2D eigenvalue weighted by Crippen LogP contribution is 2.11. The van der Waals surface area contributed by atoms with Crippen LogP contribution in [0, 0.1) is 5.92 Å². The van der Waals surface area contributed by atoms with Crippen molar-refractivity contribution >= 4 is 5.78 Å². The van der Waals surface area contributed by atoms with Crippen molar-refractivity contribution < 1.29 is 9.90 Å². The molecule has 58 valence electrons. The van der Waals surface area contributed by atoms with Gasteiger partial charge in [-0.25, -0.2) is 0 Å². The lowest BCUT2D eigenvalue weighted by Crippen LogP contribution is -2.02. The summed E-state index contributed by atoms with van der Waals surface area (Å²) >= 11 is 0. The van der Waals surface area contributed by atoms with E-state index >= 15 is 0 Å². The molecule has 2 heteroatoms. The number of carbonyl (C=O) groups excluding carboxylic acids is 1. The van der Waals surface area contributed by atoms with Crippen LogP contribution in [0.15, 0.2) is 11.3 Å². The predicted octanol–water partition coefficient (Wildman–Crippen LogP) is 2.06. The lowest BCUT2D eigenvalue weighted by atomic mass is 10.1. The first-order valence-electron chi connectivity index (χ1n) is 3.37. The van der Waals surface area contributed by atoms with E-state index in [1.165, 1.54) is 6.92 Å². The van der Waals surface area contributed by atoms with Crippen molar-refractivity contribution in [3.8, 4) is 0 Å². The molecule has 0 rings (SSSR count). The molecule has 0 aromatic heterocycles. The second-order valence-corrected chi connectivity index (χ2v) is 2.72. The van der Waals surface area contributed by atoms with Crippen molar-refractivity contribution in [2.24, 2.45) is 5.92 Å². The Balaban J connectivity index is 4.50. The molecule has 1 N–H and O–H groups in total. The maximum Gasteiger partial charge on any atom is 0.158 e. The zero-order chi connectivity index (χ0) is 8.31. The quantitative estimate of drug-likeness (QED) is 0.473. The summed E-state index contributed by atoms with van der Waals surface area (Å²) in [7, 11) is 0. The summed E-state index contributed by atoms with van der Waals surface area (Å²) in [6.45, 7) is 6.79. The summed E-state index contributed by atoms with van der Waals surface area (Å²) in [4.78, 5) is 10.7. The van der Waals surface area contributed by atoms with Crippen LogP contribution in [0.25, 0.3) is 0 Å². The number of hydrogen-bond acceptors (Lipinski definition) is 2. The Morgan fingerprint density at radius 1 is 1.30 bits per heavy atom. The number of aliphatic hydroxyl groups excluding tert-OH is 1. The Bertz CT molecular complexity index is 166. The van der Waals surface area contributed by atoms with E-state index in [1.807, 2.05) is 13.8 Å². The van der Waals surface area contributed by atoms with Gasteiger partial charge in [-0.05, 0) is 13.8 Å². The molecule has 0 spiro atoms. The zero-order valence-electron chi connectivity index (χ0n) is 6.93. The second kappa shape index (κ2) is 3.40. The van der Waals surface area contributed by atoms with Gasteiger partial charge in [-0.15, -0.1) is 0 Å². The molecule has 0 amide bonds. The lowest BCUT2D eigenvalue weighted by molar-refractivity contribution is -0.113. The molecular weight excluding hydrogens is 128 g/mol. The standard InChI is InChI=1S/C8H14O2/c1-5(2)8(10)6(3)7(4)9/h5,10H,1-4H3/b8-6-. The number of aliphatic hydroxyl groups is 1. The highest BCUT2D eigenvalue weighted by atomic mass is 16.3. The molecule has 0 bridgehead atoms. The minimum atomic E-state index is -0.0637. The molecule has 0 aliphatic carbocycles. The van der Waals surface area contributed by atoms with Crippen molar-refractivity contribution in [2.45, 2.75) is 27.7 Å². The molecule has 2 nitrogen and oxygen atoms in total. The number of ketones is 1. The largest absolute Gasteiger partial charge is 0.512 e. The molecule has 0 unspecified atom stereocenters. The third-order valence-corrected chi connectivity index (χ3v) is 1.46. The van der Waals surface area contributed by atoms with E-state index in [0.717, 1.165) is 0 Å². The van der Waals surface area contributed by atoms with Crippen LogP contribution in [-0.2, 0) is 4.79 Å². The third-order valence-electron chi connectivity index (χ3n) is 1.46.